The molecular formula is C24H35N6NaO3S. The second kappa shape index (κ2) is 10.8. The van der Waals surface area contributed by atoms with Crippen LogP contribution in [0.25, 0.3) is 0 Å². The summed E-state index contributed by atoms with van der Waals surface area (Å²) in [5, 5.41) is 7.22. The summed E-state index contributed by atoms with van der Waals surface area (Å²) in [5.41, 5.74) is 6.24. The molecule has 1 aliphatic heterocycles. The number of amides is 2. The first-order valence-electron chi connectivity index (χ1n) is 12.4. The molecule has 2 aromatic rings. The van der Waals surface area contributed by atoms with Crippen LogP contribution in [0, 0.1) is 0 Å². The van der Waals surface area contributed by atoms with Crippen molar-refractivity contribution in [3.05, 3.63) is 40.7 Å². The molecule has 5 rings (SSSR count). The number of hydrogen-bond acceptors (Lipinski definition) is 5. The number of fused-ring (bicyclic) bond motifs is 2. The zero-order valence-electron chi connectivity index (χ0n) is 20.0. The third-order valence-electron chi connectivity index (χ3n) is 7.41. The fourth-order valence-corrected chi connectivity index (χ4v) is 7.05. The van der Waals surface area contributed by atoms with Gasteiger partial charge in [0, 0.05) is 24.5 Å². The standard InChI is InChI=1S/C24H34N6O3S.Na.H/c1-3-29-16-20(15-25-29)30(19-10-12-28(2)13-11-19)34(32,33)27-24(31)26-23-21-8-4-6-17(21)14-18-7-5-9-22(18)23;;/h14-16,19H,3-13H2,1-2H3,(H2,26,27,31);;. The Morgan fingerprint density at radius 2 is 1.74 bits per heavy atom. The first-order valence-corrected chi connectivity index (χ1v) is 13.8. The van der Waals surface area contributed by atoms with Crippen LogP contribution in [0.2, 0.25) is 0 Å². The van der Waals surface area contributed by atoms with E-state index in [0.717, 1.165) is 57.3 Å². The maximum atomic E-state index is 13.6. The van der Waals surface area contributed by atoms with Gasteiger partial charge in [-0.1, -0.05) is 6.07 Å². The molecule has 11 heteroatoms. The molecule has 0 radical (unpaired) electrons. The number of hydrogen-bond donors (Lipinski definition) is 2. The normalized spacial score (nSPS) is 18.0. The summed E-state index contributed by atoms with van der Waals surface area (Å²) < 4.78 is 32.5. The van der Waals surface area contributed by atoms with Crippen LogP contribution < -0.4 is 14.3 Å². The third-order valence-corrected chi connectivity index (χ3v) is 8.88. The summed E-state index contributed by atoms with van der Waals surface area (Å²) in [4.78, 5) is 15.3. The topological polar surface area (TPSA) is 99.6 Å². The number of nitrogens with one attached hydrogen (secondary N) is 2. The van der Waals surface area contributed by atoms with Crippen LogP contribution in [0.5, 0.6) is 0 Å². The quantitative estimate of drug-likeness (QED) is 0.581. The molecule has 35 heavy (non-hydrogen) atoms. The van der Waals surface area contributed by atoms with E-state index in [1.807, 2.05) is 14.0 Å². The Labute approximate surface area is 230 Å². The minimum absolute atomic E-state index is 0. The van der Waals surface area contributed by atoms with Gasteiger partial charge in [-0.3, -0.25) is 4.68 Å². The summed E-state index contributed by atoms with van der Waals surface area (Å²) in [6.45, 7) is 4.19. The van der Waals surface area contributed by atoms with Crippen molar-refractivity contribution >= 4 is 57.2 Å². The number of rotatable bonds is 6. The van der Waals surface area contributed by atoms with Gasteiger partial charge in [0.2, 0.25) is 0 Å². The molecule has 186 valence electrons. The second-order valence-corrected chi connectivity index (χ2v) is 11.2. The molecular weight excluding hydrogens is 475 g/mol. The van der Waals surface area contributed by atoms with Gasteiger partial charge >= 0.3 is 45.8 Å². The number of carbonyl (C=O) groups is 1. The van der Waals surface area contributed by atoms with Gasteiger partial charge in [-0.05, 0) is 101 Å². The van der Waals surface area contributed by atoms with Crippen molar-refractivity contribution in [3.63, 3.8) is 0 Å². The number of aryl methyl sites for hydroxylation is 3. The molecule has 2 aliphatic carbocycles. The van der Waals surface area contributed by atoms with Gasteiger partial charge in [0.25, 0.3) is 0 Å². The van der Waals surface area contributed by atoms with Gasteiger partial charge in [-0.15, -0.1) is 0 Å². The Morgan fingerprint density at radius 3 is 2.31 bits per heavy atom. The number of benzene rings is 1. The number of carbonyl (C=O) groups excluding carboxylic acids is 1. The molecule has 0 saturated carbocycles. The van der Waals surface area contributed by atoms with Crippen LogP contribution in [0.15, 0.2) is 18.5 Å². The molecule has 1 aromatic heterocycles. The Balaban J connectivity index is 0.00000289. The average molecular weight is 511 g/mol. The van der Waals surface area contributed by atoms with E-state index < -0.39 is 16.2 Å². The molecule has 1 aromatic carbocycles. The van der Waals surface area contributed by atoms with Crippen LogP contribution in [0.4, 0.5) is 16.2 Å². The van der Waals surface area contributed by atoms with Gasteiger partial charge in [-0.2, -0.15) is 13.5 Å². The SMILES string of the molecule is CCn1cc(N(C2CCN(C)CC2)S(=O)(=O)NC(=O)Nc2c3c(cc4c2CCC4)CCC3)cn1.[NaH]. The molecule has 0 bridgehead atoms. The van der Waals surface area contributed by atoms with Crippen LogP contribution in [0.3, 0.4) is 0 Å². The molecule has 3 aliphatic rings. The summed E-state index contributed by atoms with van der Waals surface area (Å²) in [7, 11) is -2.10. The molecule has 0 spiro atoms. The number of nitrogens with zero attached hydrogens (tertiary/aromatic N) is 4. The molecule has 2 N–H and O–H groups in total. The molecule has 2 heterocycles. The van der Waals surface area contributed by atoms with Crippen molar-refractivity contribution in [2.24, 2.45) is 0 Å². The van der Waals surface area contributed by atoms with Crippen molar-refractivity contribution in [2.75, 3.05) is 29.8 Å². The van der Waals surface area contributed by atoms with Crippen molar-refractivity contribution < 1.29 is 13.2 Å². The average Bonchev–Trinajstić information content (AvgIpc) is 3.55. The van der Waals surface area contributed by atoms with Crippen molar-refractivity contribution in [1.82, 2.24) is 19.4 Å². The zero-order valence-corrected chi connectivity index (χ0v) is 20.8. The van der Waals surface area contributed by atoms with Gasteiger partial charge < -0.3 is 10.2 Å². The van der Waals surface area contributed by atoms with Crippen LogP contribution in [-0.4, -0.2) is 84.9 Å². The summed E-state index contributed by atoms with van der Waals surface area (Å²) in [6.07, 6.45) is 10.7. The summed E-state index contributed by atoms with van der Waals surface area (Å²) in [5.74, 6) is 0. The molecule has 1 fully saturated rings. The van der Waals surface area contributed by atoms with Gasteiger partial charge in [0.05, 0.1) is 11.9 Å². The number of anilines is 2. The zero-order chi connectivity index (χ0) is 23.9. The van der Waals surface area contributed by atoms with E-state index in [1.165, 1.54) is 26.6 Å². The fourth-order valence-electron chi connectivity index (χ4n) is 5.69. The second-order valence-electron chi connectivity index (χ2n) is 9.68. The predicted octanol–water partition coefficient (Wildman–Crippen LogP) is 2.20. The first-order chi connectivity index (χ1) is 16.4. The Hall–Kier alpha value is -1.59. The Bertz CT molecular complexity index is 1160. The summed E-state index contributed by atoms with van der Waals surface area (Å²) in [6, 6.07) is 1.36. The number of piperidine rings is 1. The van der Waals surface area contributed by atoms with E-state index in [0.29, 0.717) is 25.1 Å². The molecule has 1 saturated heterocycles. The molecule has 0 atom stereocenters. The predicted molar refractivity (Wildman–Crippen MR) is 140 cm³/mol. The monoisotopic (exact) mass is 510 g/mol. The van der Waals surface area contributed by atoms with Crippen LogP contribution in [0.1, 0.15) is 54.9 Å². The van der Waals surface area contributed by atoms with Crippen LogP contribution >= 0.6 is 0 Å². The number of likely N-dealkylation sites (tertiary alicyclic amines) is 1. The Morgan fingerprint density at radius 1 is 1.11 bits per heavy atom. The molecule has 9 nitrogen and oxygen atoms in total. The molecule has 2 amide bonds. The van der Waals surface area contributed by atoms with E-state index in [4.69, 9.17) is 0 Å². The Kier molecular flexibility index (Phi) is 8.17. The summed E-state index contributed by atoms with van der Waals surface area (Å²) >= 11 is 0. The molecule has 0 unspecified atom stereocenters. The number of aromatic nitrogens is 2. The van der Waals surface area contributed by atoms with Crippen molar-refractivity contribution in [1.29, 1.82) is 0 Å². The fraction of sp³-hybridized carbons (Fsp3) is 0.583. The van der Waals surface area contributed by atoms with Crippen molar-refractivity contribution in [3.8, 4) is 0 Å². The first kappa shape index (κ1) is 26.5. The van der Waals surface area contributed by atoms with E-state index in [9.17, 15) is 13.2 Å². The van der Waals surface area contributed by atoms with Crippen LogP contribution in [-0.2, 0) is 42.4 Å². The number of urea groups is 1. The van der Waals surface area contributed by atoms with Crippen molar-refractivity contribution in [2.45, 2.75) is 70.9 Å². The van der Waals surface area contributed by atoms with E-state index in [2.05, 4.69) is 26.1 Å². The van der Waals surface area contributed by atoms with Gasteiger partial charge in [0.1, 0.15) is 0 Å². The van der Waals surface area contributed by atoms with E-state index in [1.54, 1.807) is 17.1 Å². The van der Waals surface area contributed by atoms with E-state index in [-0.39, 0.29) is 35.6 Å². The third kappa shape index (κ3) is 5.41. The maximum absolute atomic E-state index is 13.6. The van der Waals surface area contributed by atoms with E-state index >= 15 is 0 Å². The van der Waals surface area contributed by atoms with Gasteiger partial charge in [0.15, 0.2) is 0 Å². The minimum atomic E-state index is -4.14. The van der Waals surface area contributed by atoms with Gasteiger partial charge in [-0.25, -0.2) is 13.8 Å².